The van der Waals surface area contributed by atoms with Gasteiger partial charge in [-0.25, -0.2) is 10.2 Å². The average Bonchev–Trinajstić information content (AvgIpc) is 2.28. The Morgan fingerprint density at radius 3 is 2.69 bits per heavy atom. The molecule has 1 aromatic carbocycles. The summed E-state index contributed by atoms with van der Waals surface area (Å²) in [6.45, 7) is 1.98. The zero-order valence-electron chi connectivity index (χ0n) is 8.67. The van der Waals surface area contributed by atoms with Gasteiger partial charge < -0.3 is 4.74 Å². The van der Waals surface area contributed by atoms with Gasteiger partial charge >= 0.3 is 14.3 Å². The third-order valence-electron chi connectivity index (χ3n) is 1.45. The molecule has 0 fully saturated rings. The summed E-state index contributed by atoms with van der Waals surface area (Å²) in [7, 11) is -2.10. The number of benzene rings is 1. The molecule has 86 valence electrons. The van der Waals surface area contributed by atoms with Crippen molar-refractivity contribution in [2.45, 2.75) is 6.92 Å². The average molecular weight is 243 g/mol. The van der Waals surface area contributed by atoms with Crippen LogP contribution in [0.1, 0.15) is 6.92 Å². The van der Waals surface area contributed by atoms with E-state index in [0.717, 1.165) is 0 Å². The van der Waals surface area contributed by atoms with E-state index in [4.69, 9.17) is 4.74 Å². The van der Waals surface area contributed by atoms with Gasteiger partial charge in [-0.05, 0) is 23.6 Å². The van der Waals surface area contributed by atoms with Crippen molar-refractivity contribution in [1.82, 2.24) is 10.6 Å². The van der Waals surface area contributed by atoms with Crippen LogP contribution in [0.25, 0.3) is 0 Å². The Labute approximate surface area is 93.8 Å². The van der Waals surface area contributed by atoms with Crippen molar-refractivity contribution < 1.29 is 18.6 Å². The second-order valence-electron chi connectivity index (χ2n) is 2.61. The van der Waals surface area contributed by atoms with Crippen LogP contribution < -0.4 is 15.4 Å². The lowest BCUT2D eigenvalue weighted by Gasteiger charge is -2.01. The van der Waals surface area contributed by atoms with Gasteiger partial charge in [0, 0.05) is 5.20 Å². The highest BCUT2D eigenvalue weighted by Crippen LogP contribution is 2.13. The lowest BCUT2D eigenvalue weighted by atomic mass is 10.3. The maximum atomic E-state index is 11.1. The second-order valence-corrected chi connectivity index (χ2v) is 3.61. The first-order valence-electron chi connectivity index (χ1n) is 4.61. The molecule has 0 heterocycles. The summed E-state index contributed by atoms with van der Waals surface area (Å²) >= 11 is 0. The highest BCUT2D eigenvalue weighted by atomic mass is 31.1. The van der Waals surface area contributed by atoms with Gasteiger partial charge in [-0.2, -0.15) is 0 Å². The van der Waals surface area contributed by atoms with Crippen LogP contribution in [0.5, 0.6) is 5.75 Å². The molecule has 1 aromatic rings. The monoisotopic (exact) mass is 243 g/mol. The Morgan fingerprint density at radius 2 is 2.06 bits per heavy atom. The molecule has 1 unspecified atom stereocenters. The molecule has 0 radical (unpaired) electrons. The summed E-state index contributed by atoms with van der Waals surface area (Å²) < 4.78 is 20.5. The third-order valence-corrected chi connectivity index (χ3v) is 2.24. The van der Waals surface area contributed by atoms with Crippen LogP contribution in [0.15, 0.2) is 30.3 Å². The quantitative estimate of drug-likeness (QED) is 0.610. The van der Waals surface area contributed by atoms with Crippen molar-refractivity contribution in [3.05, 3.63) is 30.3 Å². The minimum Gasteiger partial charge on any atom is -0.409 e. The molecule has 0 saturated carbocycles. The van der Waals surface area contributed by atoms with Gasteiger partial charge in [0.15, 0.2) is 0 Å². The van der Waals surface area contributed by atoms with Gasteiger partial charge in [0.25, 0.3) is 0 Å². The number of hydrogen-bond acceptors (Lipinski definition) is 4. The molecule has 2 N–H and O–H groups in total. The van der Waals surface area contributed by atoms with Crippen LogP contribution in [-0.4, -0.2) is 12.7 Å². The molecule has 6 nitrogen and oxygen atoms in total. The van der Waals surface area contributed by atoms with E-state index in [-0.39, 0.29) is 6.61 Å². The number of nitrogens with one attached hydrogen (secondary N) is 2. The van der Waals surface area contributed by atoms with Gasteiger partial charge in [0.2, 0.25) is 0 Å². The molecule has 0 aromatic heterocycles. The van der Waals surface area contributed by atoms with E-state index in [1.807, 2.05) is 0 Å². The Kier molecular flexibility index (Phi) is 5.42. The maximum Gasteiger partial charge on any atom is 0.633 e. The molecule has 0 spiro atoms. The molecule has 0 aliphatic rings. The predicted molar refractivity (Wildman–Crippen MR) is 58.0 cm³/mol. The van der Waals surface area contributed by atoms with Crippen molar-refractivity contribution in [3.63, 3.8) is 0 Å². The second kappa shape index (κ2) is 6.90. The minimum absolute atomic E-state index is 0.289. The van der Waals surface area contributed by atoms with Crippen LogP contribution in [0.2, 0.25) is 0 Å². The SMILES string of the molecule is CCO[P+](=O)NNC(=O)Oc1ccccc1. The first kappa shape index (κ1) is 12.6. The van der Waals surface area contributed by atoms with Crippen molar-refractivity contribution >= 4 is 14.3 Å². The topological polar surface area (TPSA) is 76.7 Å². The Bertz CT molecular complexity index is 358. The number of carbonyl (C=O) groups excluding carboxylic acids is 1. The van der Waals surface area contributed by atoms with E-state index in [0.29, 0.717) is 5.75 Å². The number of amides is 1. The molecule has 1 amide bonds. The van der Waals surface area contributed by atoms with Gasteiger partial charge in [0.05, 0.1) is 0 Å². The largest absolute Gasteiger partial charge is 0.633 e. The van der Waals surface area contributed by atoms with Crippen LogP contribution in [0.4, 0.5) is 4.79 Å². The number of hydrazine groups is 1. The van der Waals surface area contributed by atoms with E-state index < -0.39 is 14.3 Å². The molecule has 0 aliphatic heterocycles. The van der Waals surface area contributed by atoms with Crippen molar-refractivity contribution in [3.8, 4) is 5.75 Å². The van der Waals surface area contributed by atoms with E-state index in [1.165, 1.54) is 0 Å². The number of ether oxygens (including phenoxy) is 1. The van der Waals surface area contributed by atoms with Crippen molar-refractivity contribution in [2.75, 3.05) is 6.61 Å². The van der Waals surface area contributed by atoms with Crippen molar-refractivity contribution in [2.24, 2.45) is 0 Å². The first-order valence-corrected chi connectivity index (χ1v) is 5.79. The normalized spacial score (nSPS) is 10.7. The number of rotatable bonds is 5. The first-order chi connectivity index (χ1) is 7.72. The fraction of sp³-hybridized carbons (Fsp3) is 0.222. The molecule has 16 heavy (non-hydrogen) atoms. The van der Waals surface area contributed by atoms with Crippen LogP contribution in [0, 0.1) is 0 Å². The number of para-hydroxylation sites is 1. The van der Waals surface area contributed by atoms with Crippen molar-refractivity contribution in [1.29, 1.82) is 0 Å². The Hall–Kier alpha value is -1.49. The Balaban J connectivity index is 2.29. The molecule has 0 bridgehead atoms. The van der Waals surface area contributed by atoms with Crippen LogP contribution in [-0.2, 0) is 9.09 Å². The summed E-state index contributed by atoms with van der Waals surface area (Å²) in [4.78, 5) is 11.1. The lowest BCUT2D eigenvalue weighted by molar-refractivity contribution is 0.197. The van der Waals surface area contributed by atoms with Gasteiger partial charge in [-0.3, -0.25) is 0 Å². The summed E-state index contributed by atoms with van der Waals surface area (Å²) in [6, 6.07) is 8.52. The van der Waals surface area contributed by atoms with E-state index in [1.54, 1.807) is 37.3 Å². The summed E-state index contributed by atoms with van der Waals surface area (Å²) in [5, 5.41) is 2.17. The molecule has 0 saturated heterocycles. The van der Waals surface area contributed by atoms with Gasteiger partial charge in [0.1, 0.15) is 12.4 Å². The summed E-state index contributed by atoms with van der Waals surface area (Å²) in [5.74, 6) is 0.397. The zero-order chi connectivity index (χ0) is 11.8. The summed E-state index contributed by atoms with van der Waals surface area (Å²) in [6.07, 6.45) is -0.755. The third kappa shape index (κ3) is 4.84. The molecular weight excluding hydrogens is 231 g/mol. The predicted octanol–water partition coefficient (Wildman–Crippen LogP) is 1.97. The van der Waals surface area contributed by atoms with E-state index in [2.05, 4.69) is 15.1 Å². The Morgan fingerprint density at radius 1 is 1.38 bits per heavy atom. The highest BCUT2D eigenvalue weighted by molar-refractivity contribution is 7.36. The molecular formula is C9H12N2O4P+. The van der Waals surface area contributed by atoms with Gasteiger partial charge in [-0.15, -0.1) is 4.52 Å². The van der Waals surface area contributed by atoms with Crippen LogP contribution >= 0.6 is 8.18 Å². The zero-order valence-corrected chi connectivity index (χ0v) is 9.57. The maximum absolute atomic E-state index is 11.1. The van der Waals surface area contributed by atoms with Crippen LogP contribution in [0.3, 0.4) is 0 Å². The lowest BCUT2D eigenvalue weighted by Crippen LogP contribution is -2.35. The fourth-order valence-electron chi connectivity index (χ4n) is 0.862. The molecule has 0 aliphatic carbocycles. The number of hydrogen-bond donors (Lipinski definition) is 2. The summed E-state index contributed by atoms with van der Waals surface area (Å²) in [5.41, 5.74) is 2.10. The van der Waals surface area contributed by atoms with E-state index in [9.17, 15) is 9.36 Å². The minimum atomic E-state index is -2.10. The molecule has 7 heteroatoms. The fourth-order valence-corrected chi connectivity index (χ4v) is 1.34. The number of carbonyl (C=O) groups is 1. The standard InChI is InChI=1S/C9H11N2O4P/c1-2-14-16(13)11-10-9(12)15-8-6-4-3-5-7-8/h3-7H,2H2,1H3,(H-,10,11,12,13)/p+1. The van der Waals surface area contributed by atoms with E-state index >= 15 is 0 Å². The van der Waals surface area contributed by atoms with Gasteiger partial charge in [-0.1, -0.05) is 18.2 Å². The molecule has 1 rings (SSSR count). The molecule has 1 atom stereocenters. The highest BCUT2D eigenvalue weighted by Gasteiger charge is 2.17. The smallest absolute Gasteiger partial charge is 0.409 e.